The summed E-state index contributed by atoms with van der Waals surface area (Å²) in [6.07, 6.45) is 1.54. The zero-order valence-electron chi connectivity index (χ0n) is 16.2. The number of nitrogens with one attached hydrogen (secondary N) is 1. The first-order chi connectivity index (χ1) is 13.4. The molecule has 0 fully saturated rings. The number of hydrazone groups is 1. The van der Waals surface area contributed by atoms with Crippen molar-refractivity contribution < 1.29 is 12.7 Å². The van der Waals surface area contributed by atoms with Crippen molar-refractivity contribution in [3.05, 3.63) is 59.7 Å². The van der Waals surface area contributed by atoms with Gasteiger partial charge in [-0.3, -0.25) is 4.28 Å². The minimum Gasteiger partial charge on any atom is -0.372 e. The zero-order valence-corrected chi connectivity index (χ0v) is 17.0. The van der Waals surface area contributed by atoms with Crippen LogP contribution in [0.5, 0.6) is 0 Å². The Balaban J connectivity index is 1.93. The topological polar surface area (TPSA) is 109 Å². The van der Waals surface area contributed by atoms with E-state index >= 15 is 0 Å². The predicted octanol–water partition coefficient (Wildman–Crippen LogP) is 2.40. The lowest BCUT2D eigenvalue weighted by Gasteiger charge is -2.20. The lowest BCUT2D eigenvalue weighted by atomic mass is 10.2. The molecule has 0 bridgehead atoms. The number of aryl methyl sites for hydroxylation is 1. The van der Waals surface area contributed by atoms with Gasteiger partial charge in [0, 0.05) is 18.8 Å². The molecule has 9 heteroatoms. The summed E-state index contributed by atoms with van der Waals surface area (Å²) in [6, 6.07) is 14.0. The van der Waals surface area contributed by atoms with Crippen molar-refractivity contribution in [1.82, 2.24) is 5.43 Å². The third-order valence-electron chi connectivity index (χ3n) is 3.96. The smallest absolute Gasteiger partial charge is 0.358 e. The first-order valence-corrected chi connectivity index (χ1v) is 10.2. The minimum atomic E-state index is -4.03. The summed E-state index contributed by atoms with van der Waals surface area (Å²) >= 11 is 0. The molecule has 150 valence electrons. The Bertz CT molecular complexity index is 919. The van der Waals surface area contributed by atoms with Gasteiger partial charge in [-0.15, -0.1) is 0 Å². The molecule has 2 aromatic rings. The van der Waals surface area contributed by atoms with Crippen molar-refractivity contribution in [3.63, 3.8) is 0 Å². The lowest BCUT2D eigenvalue weighted by Crippen LogP contribution is -2.28. The van der Waals surface area contributed by atoms with E-state index in [4.69, 9.17) is 5.73 Å². The van der Waals surface area contributed by atoms with E-state index < -0.39 is 10.1 Å². The normalized spacial score (nSPS) is 12.2. The number of benzene rings is 2. The molecule has 0 aromatic heterocycles. The fourth-order valence-electron chi connectivity index (χ4n) is 2.39. The molecule has 0 heterocycles. The molecule has 0 atom stereocenters. The van der Waals surface area contributed by atoms with Gasteiger partial charge >= 0.3 is 10.1 Å². The highest BCUT2D eigenvalue weighted by molar-refractivity contribution is 7.86. The molecule has 0 amide bonds. The molecule has 0 aliphatic carbocycles. The maximum atomic E-state index is 12.0. The Labute approximate surface area is 165 Å². The van der Waals surface area contributed by atoms with Crippen LogP contribution in [0.4, 0.5) is 5.69 Å². The Morgan fingerprint density at radius 3 is 2.29 bits per heavy atom. The van der Waals surface area contributed by atoms with Crippen molar-refractivity contribution in [2.45, 2.75) is 25.7 Å². The molecule has 0 saturated carbocycles. The van der Waals surface area contributed by atoms with Gasteiger partial charge in [-0.25, -0.2) is 5.43 Å². The molecule has 0 aliphatic heterocycles. The molecular weight excluding hydrogens is 378 g/mol. The highest BCUT2D eigenvalue weighted by atomic mass is 32.2. The van der Waals surface area contributed by atoms with Crippen molar-refractivity contribution in [2.24, 2.45) is 16.0 Å². The van der Waals surface area contributed by atoms with Crippen LogP contribution in [0.1, 0.15) is 25.0 Å². The number of rotatable bonds is 8. The highest BCUT2D eigenvalue weighted by Crippen LogP contribution is 2.14. The maximum Gasteiger partial charge on any atom is 0.358 e. The molecule has 0 radical (unpaired) electrons. The Hall–Kier alpha value is -3.07. The van der Waals surface area contributed by atoms with Crippen LogP contribution in [-0.2, 0) is 14.4 Å². The van der Waals surface area contributed by atoms with Crippen molar-refractivity contribution >= 4 is 28.0 Å². The second-order valence-corrected chi connectivity index (χ2v) is 7.48. The highest BCUT2D eigenvalue weighted by Gasteiger charge is 2.15. The average molecular weight is 404 g/mol. The van der Waals surface area contributed by atoms with E-state index in [9.17, 15) is 8.42 Å². The SMILES string of the molecule is CCN(CC)c1ccc(C=NNC(N)=NOS(=O)(=O)c2ccc(C)cc2)cc1. The molecule has 2 rings (SSSR count). The van der Waals surface area contributed by atoms with Crippen molar-refractivity contribution in [1.29, 1.82) is 0 Å². The van der Waals surface area contributed by atoms with Crippen LogP contribution in [0.15, 0.2) is 63.7 Å². The summed E-state index contributed by atoms with van der Waals surface area (Å²) in [5.41, 5.74) is 10.9. The van der Waals surface area contributed by atoms with Gasteiger partial charge in [0.2, 0.25) is 0 Å². The standard InChI is InChI=1S/C19H25N5O3S/c1-4-24(5-2)17-10-8-16(9-11-17)14-21-22-19(20)23-27-28(25,26)18-12-6-15(3)7-13-18/h6-14H,4-5H2,1-3H3,(H3,20,22,23). The Morgan fingerprint density at radius 2 is 1.71 bits per heavy atom. The van der Waals surface area contributed by atoms with Crippen LogP contribution >= 0.6 is 0 Å². The van der Waals surface area contributed by atoms with Gasteiger partial charge < -0.3 is 10.6 Å². The Morgan fingerprint density at radius 1 is 1.11 bits per heavy atom. The fraction of sp³-hybridized carbons (Fsp3) is 0.263. The van der Waals surface area contributed by atoms with E-state index in [-0.39, 0.29) is 10.9 Å². The first-order valence-electron chi connectivity index (χ1n) is 8.83. The van der Waals surface area contributed by atoms with Crippen LogP contribution in [0.3, 0.4) is 0 Å². The number of nitrogens with two attached hydrogens (primary N) is 1. The number of oxime groups is 1. The largest absolute Gasteiger partial charge is 0.372 e. The van der Waals surface area contributed by atoms with Crippen LogP contribution in [0.25, 0.3) is 0 Å². The van der Waals surface area contributed by atoms with Crippen LogP contribution < -0.4 is 16.1 Å². The molecule has 0 saturated heterocycles. The summed E-state index contributed by atoms with van der Waals surface area (Å²) in [4.78, 5) is 2.22. The maximum absolute atomic E-state index is 12.0. The quantitative estimate of drug-likeness (QED) is 0.398. The molecule has 8 nitrogen and oxygen atoms in total. The average Bonchev–Trinajstić information content (AvgIpc) is 2.69. The number of nitrogens with zero attached hydrogens (tertiary/aromatic N) is 3. The van der Waals surface area contributed by atoms with Gasteiger partial charge in [-0.05, 0) is 55.8 Å². The molecular formula is C19H25N5O3S. The summed E-state index contributed by atoms with van der Waals surface area (Å²) in [6.45, 7) is 7.93. The molecule has 28 heavy (non-hydrogen) atoms. The van der Waals surface area contributed by atoms with Crippen molar-refractivity contribution in [3.8, 4) is 0 Å². The second kappa shape index (κ2) is 9.75. The van der Waals surface area contributed by atoms with Gasteiger partial charge in [0.25, 0.3) is 5.96 Å². The van der Waals surface area contributed by atoms with Crippen LogP contribution in [-0.4, -0.2) is 33.7 Å². The number of hydrogen-bond donors (Lipinski definition) is 2. The van der Waals surface area contributed by atoms with E-state index in [0.717, 1.165) is 29.9 Å². The number of guanidine groups is 1. The van der Waals surface area contributed by atoms with Crippen LogP contribution in [0.2, 0.25) is 0 Å². The second-order valence-electron chi connectivity index (χ2n) is 5.95. The molecule has 3 N–H and O–H groups in total. The number of hydrogen-bond acceptors (Lipinski definition) is 6. The summed E-state index contributed by atoms with van der Waals surface area (Å²) in [5.74, 6) is -0.285. The van der Waals surface area contributed by atoms with E-state index in [1.54, 1.807) is 18.3 Å². The van der Waals surface area contributed by atoms with E-state index in [1.807, 2.05) is 31.2 Å². The van der Waals surface area contributed by atoms with E-state index in [0.29, 0.717) is 0 Å². The fourth-order valence-corrected chi connectivity index (χ4v) is 3.12. The van der Waals surface area contributed by atoms with Crippen LogP contribution in [0, 0.1) is 6.92 Å². The van der Waals surface area contributed by atoms with Gasteiger partial charge in [-0.2, -0.15) is 13.5 Å². The molecule has 0 unspecified atom stereocenters. The monoisotopic (exact) mass is 403 g/mol. The van der Waals surface area contributed by atoms with Gasteiger partial charge in [0.05, 0.1) is 6.21 Å². The third-order valence-corrected chi connectivity index (χ3v) is 5.08. The summed E-state index contributed by atoms with van der Waals surface area (Å²) in [5, 5.41) is 7.28. The zero-order chi connectivity index (χ0) is 20.6. The van der Waals surface area contributed by atoms with Crippen molar-refractivity contribution in [2.75, 3.05) is 18.0 Å². The van der Waals surface area contributed by atoms with E-state index in [2.05, 4.69) is 38.7 Å². The molecule has 2 aromatic carbocycles. The number of anilines is 1. The predicted molar refractivity (Wildman–Crippen MR) is 112 cm³/mol. The Kier molecular flexibility index (Phi) is 7.39. The summed E-state index contributed by atoms with van der Waals surface area (Å²) < 4.78 is 28.6. The third kappa shape index (κ3) is 5.98. The van der Waals surface area contributed by atoms with Gasteiger partial charge in [0.15, 0.2) is 0 Å². The summed E-state index contributed by atoms with van der Waals surface area (Å²) in [7, 11) is -4.03. The first kappa shape index (κ1) is 21.2. The minimum absolute atomic E-state index is 0.00792. The van der Waals surface area contributed by atoms with E-state index in [1.165, 1.54) is 12.1 Å². The molecule has 0 aliphatic rings. The molecule has 0 spiro atoms. The van der Waals surface area contributed by atoms with Gasteiger partial charge in [-0.1, -0.05) is 29.8 Å². The lowest BCUT2D eigenvalue weighted by molar-refractivity contribution is 0.336. The van der Waals surface area contributed by atoms with Gasteiger partial charge in [0.1, 0.15) is 4.90 Å².